The second-order valence-corrected chi connectivity index (χ2v) is 10.1. The van der Waals surface area contributed by atoms with E-state index in [-0.39, 0.29) is 38.2 Å². The molecule has 1 aliphatic carbocycles. The molecule has 0 saturated heterocycles. The van der Waals surface area contributed by atoms with Crippen LogP contribution in [0.15, 0.2) is 55.4 Å². The highest BCUT2D eigenvalue weighted by Gasteiger charge is 2.20. The standard InChI is InChI=1S/C28H35N7O.HI.2H2/c1-6-12-31-26(36)23-17-32-27(34-21-10-8-18-7-9-20(29-5)14-19(18)15-21)35-25(23)33-22-11-13-30-24(16-22)28(2,3)4;;;/h6,8,10-11,13,15-17,20,29H,1,7,9,12,14H2,2-5H3,(H,31,36)(H2,30,32,33,34,35);3*1H. The molecule has 1 aromatic carbocycles. The van der Waals surface area contributed by atoms with Gasteiger partial charge in [-0.3, -0.25) is 9.78 Å². The van der Waals surface area contributed by atoms with Crippen LogP contribution in [0, 0.1) is 0 Å². The number of halogens is 1. The number of nitrogens with one attached hydrogen (secondary N) is 4. The third-order valence-corrected chi connectivity index (χ3v) is 6.33. The summed E-state index contributed by atoms with van der Waals surface area (Å²) in [6, 6.07) is 10.7. The zero-order valence-corrected chi connectivity index (χ0v) is 24.2. The van der Waals surface area contributed by atoms with E-state index in [0.29, 0.717) is 29.9 Å². The number of rotatable bonds is 8. The molecule has 1 atom stereocenters. The quantitative estimate of drug-likeness (QED) is 0.188. The van der Waals surface area contributed by atoms with Crippen LogP contribution >= 0.6 is 24.0 Å². The van der Waals surface area contributed by atoms with E-state index in [9.17, 15) is 4.79 Å². The monoisotopic (exact) mass is 617 g/mol. The van der Waals surface area contributed by atoms with Crippen LogP contribution in [-0.2, 0) is 18.3 Å². The van der Waals surface area contributed by atoms with Crippen molar-refractivity contribution in [1.82, 2.24) is 25.6 Å². The number of hydrogen-bond donors (Lipinski definition) is 4. The molecule has 9 heteroatoms. The minimum atomic E-state index is -0.277. The fourth-order valence-electron chi connectivity index (χ4n) is 4.23. The number of nitrogens with zero attached hydrogens (tertiary/aromatic N) is 3. The Bertz CT molecular complexity index is 1270. The van der Waals surface area contributed by atoms with Crippen LogP contribution in [0.2, 0.25) is 0 Å². The van der Waals surface area contributed by atoms with E-state index in [0.717, 1.165) is 36.3 Å². The summed E-state index contributed by atoms with van der Waals surface area (Å²) in [5, 5.41) is 12.8. The Morgan fingerprint density at radius 3 is 2.65 bits per heavy atom. The average molecular weight is 618 g/mol. The lowest BCUT2D eigenvalue weighted by Gasteiger charge is -2.24. The van der Waals surface area contributed by atoms with Gasteiger partial charge in [-0.25, -0.2) is 4.98 Å². The minimum absolute atomic E-state index is 0. The van der Waals surface area contributed by atoms with Crippen LogP contribution in [-0.4, -0.2) is 40.5 Å². The van der Waals surface area contributed by atoms with Gasteiger partial charge in [0.2, 0.25) is 5.95 Å². The topological polar surface area (TPSA) is 104 Å². The second-order valence-electron chi connectivity index (χ2n) is 10.1. The first kappa shape index (κ1) is 28.5. The molecule has 0 bridgehead atoms. The highest BCUT2D eigenvalue weighted by atomic mass is 127. The predicted octanol–water partition coefficient (Wildman–Crippen LogP) is 5.76. The van der Waals surface area contributed by atoms with Crippen LogP contribution < -0.4 is 21.3 Å². The highest BCUT2D eigenvalue weighted by Crippen LogP contribution is 2.28. The molecule has 8 nitrogen and oxygen atoms in total. The van der Waals surface area contributed by atoms with Crippen molar-refractivity contribution < 1.29 is 7.65 Å². The molecule has 0 radical (unpaired) electrons. The van der Waals surface area contributed by atoms with Crippen molar-refractivity contribution in [2.45, 2.75) is 51.5 Å². The van der Waals surface area contributed by atoms with Gasteiger partial charge in [0.05, 0.1) is 0 Å². The summed E-state index contributed by atoms with van der Waals surface area (Å²) in [5.74, 6) is 0.540. The van der Waals surface area contributed by atoms with Gasteiger partial charge in [0.1, 0.15) is 11.4 Å². The fraction of sp³-hybridized carbons (Fsp3) is 0.357. The molecule has 200 valence electrons. The lowest BCUT2D eigenvalue weighted by molar-refractivity contribution is 0.0958. The summed E-state index contributed by atoms with van der Waals surface area (Å²) < 4.78 is 0. The maximum Gasteiger partial charge on any atom is 0.256 e. The number of carbonyl (C=O) groups is 1. The van der Waals surface area contributed by atoms with Gasteiger partial charge < -0.3 is 21.3 Å². The Hall–Kier alpha value is -3.05. The van der Waals surface area contributed by atoms with Gasteiger partial charge in [-0.2, -0.15) is 4.98 Å². The Labute approximate surface area is 239 Å². The first-order chi connectivity index (χ1) is 17.3. The lowest BCUT2D eigenvalue weighted by Crippen LogP contribution is -2.31. The van der Waals surface area contributed by atoms with Gasteiger partial charge in [-0.1, -0.05) is 32.9 Å². The highest BCUT2D eigenvalue weighted by molar-refractivity contribution is 14.0. The van der Waals surface area contributed by atoms with E-state index in [1.807, 2.05) is 19.2 Å². The Balaban J connectivity index is 0.00000253. The van der Waals surface area contributed by atoms with Crippen molar-refractivity contribution in [1.29, 1.82) is 0 Å². The molecule has 1 unspecified atom stereocenters. The summed E-state index contributed by atoms with van der Waals surface area (Å²) in [6.07, 6.45) is 8.15. The third kappa shape index (κ3) is 7.26. The molecular weight excluding hydrogens is 577 g/mol. The van der Waals surface area contributed by atoms with E-state index < -0.39 is 0 Å². The molecule has 37 heavy (non-hydrogen) atoms. The van der Waals surface area contributed by atoms with E-state index in [2.05, 4.69) is 81.8 Å². The van der Waals surface area contributed by atoms with Crippen LogP contribution in [0.3, 0.4) is 0 Å². The maximum atomic E-state index is 12.8. The molecule has 4 rings (SSSR count). The number of pyridine rings is 1. The summed E-state index contributed by atoms with van der Waals surface area (Å²) in [5.41, 5.74) is 5.60. The van der Waals surface area contributed by atoms with Crippen molar-refractivity contribution in [3.63, 3.8) is 0 Å². The van der Waals surface area contributed by atoms with Gasteiger partial charge in [0, 0.05) is 50.3 Å². The van der Waals surface area contributed by atoms with E-state index >= 15 is 0 Å². The number of anilines is 4. The maximum absolute atomic E-state index is 12.8. The number of amides is 1. The SMILES string of the molecule is C=CCNC(=O)c1cnc(Nc2ccc3c(c2)CC(NC)CC3)nc1Nc1ccnc(C(C)(C)C)c1.I.[HH].[HH]. The first-order valence-corrected chi connectivity index (χ1v) is 12.3. The van der Waals surface area contributed by atoms with Crippen molar-refractivity contribution in [2.75, 3.05) is 24.2 Å². The number of hydrogen-bond acceptors (Lipinski definition) is 7. The molecule has 1 aliphatic rings. The molecule has 4 N–H and O–H groups in total. The van der Waals surface area contributed by atoms with Gasteiger partial charge in [-0.05, 0) is 61.7 Å². The Kier molecular flexibility index (Phi) is 9.61. The Morgan fingerprint density at radius 1 is 1.14 bits per heavy atom. The summed E-state index contributed by atoms with van der Waals surface area (Å²) >= 11 is 0. The molecule has 2 aromatic heterocycles. The number of carbonyl (C=O) groups excluding carboxylic acids is 1. The molecule has 0 fully saturated rings. The van der Waals surface area contributed by atoms with Crippen molar-refractivity contribution in [3.8, 4) is 0 Å². The zero-order chi connectivity index (χ0) is 25.7. The molecule has 0 spiro atoms. The molecule has 0 saturated carbocycles. The van der Waals surface area contributed by atoms with Crippen LogP contribution in [0.25, 0.3) is 0 Å². The summed E-state index contributed by atoms with van der Waals surface area (Å²) in [6.45, 7) is 10.3. The largest absolute Gasteiger partial charge is 0.348 e. The number of benzene rings is 1. The molecule has 1 amide bonds. The van der Waals surface area contributed by atoms with E-state index in [4.69, 9.17) is 0 Å². The fourth-order valence-corrected chi connectivity index (χ4v) is 4.23. The van der Waals surface area contributed by atoms with Crippen LogP contribution in [0.1, 0.15) is 57.2 Å². The van der Waals surface area contributed by atoms with Gasteiger partial charge in [0.25, 0.3) is 5.91 Å². The lowest BCUT2D eigenvalue weighted by atomic mass is 9.88. The molecular formula is C28H40IN7O. The average Bonchev–Trinajstić information content (AvgIpc) is 2.86. The summed E-state index contributed by atoms with van der Waals surface area (Å²) in [4.78, 5) is 26.4. The smallest absolute Gasteiger partial charge is 0.256 e. The normalized spacial score (nSPS) is 14.6. The minimum Gasteiger partial charge on any atom is -0.348 e. The van der Waals surface area contributed by atoms with Gasteiger partial charge in [-0.15, -0.1) is 30.6 Å². The van der Waals surface area contributed by atoms with E-state index in [1.54, 1.807) is 12.3 Å². The number of fused-ring (bicyclic) bond motifs is 1. The van der Waals surface area contributed by atoms with Gasteiger partial charge in [0.15, 0.2) is 0 Å². The Morgan fingerprint density at radius 2 is 1.92 bits per heavy atom. The van der Waals surface area contributed by atoms with Crippen LogP contribution in [0.4, 0.5) is 23.1 Å². The second kappa shape index (κ2) is 12.5. The predicted molar refractivity (Wildman–Crippen MR) is 165 cm³/mol. The number of likely N-dealkylation sites (N-methyl/N-ethyl adjacent to an activating group) is 1. The molecule has 2 heterocycles. The van der Waals surface area contributed by atoms with Gasteiger partial charge >= 0.3 is 0 Å². The summed E-state index contributed by atoms with van der Waals surface area (Å²) in [7, 11) is 2.01. The van der Waals surface area contributed by atoms with Crippen molar-refractivity contribution in [2.24, 2.45) is 0 Å². The van der Waals surface area contributed by atoms with E-state index in [1.165, 1.54) is 17.3 Å². The van der Waals surface area contributed by atoms with Crippen molar-refractivity contribution in [3.05, 3.63) is 77.8 Å². The molecule has 3 aromatic rings. The van der Waals surface area contributed by atoms with Crippen LogP contribution in [0.5, 0.6) is 0 Å². The number of aryl methyl sites for hydroxylation is 1. The molecule has 0 aliphatic heterocycles. The third-order valence-electron chi connectivity index (χ3n) is 6.33. The van der Waals surface area contributed by atoms with Crippen molar-refractivity contribution >= 4 is 53.0 Å². The number of aromatic nitrogens is 3. The zero-order valence-electron chi connectivity index (χ0n) is 21.9. The first-order valence-electron chi connectivity index (χ1n) is 12.3.